The van der Waals surface area contributed by atoms with Crippen LogP contribution < -0.4 is 4.90 Å². The van der Waals surface area contributed by atoms with Gasteiger partial charge in [0, 0.05) is 39.7 Å². The fraction of sp³-hybridized carbons (Fsp3) is 0.289. The molecule has 2 aliphatic heterocycles. The van der Waals surface area contributed by atoms with Gasteiger partial charge in [0.05, 0.1) is 28.0 Å². The van der Waals surface area contributed by atoms with Gasteiger partial charge in [0.15, 0.2) is 0 Å². The molecule has 0 spiro atoms. The first-order valence-electron chi connectivity index (χ1n) is 16.5. The van der Waals surface area contributed by atoms with Crippen LogP contribution in [0.5, 0.6) is 5.75 Å². The predicted octanol–water partition coefficient (Wildman–Crippen LogP) is 6.74. The van der Waals surface area contributed by atoms with Crippen molar-refractivity contribution < 1.29 is 29.5 Å². The Kier molecular flexibility index (Phi) is 6.60. The Morgan fingerprint density at radius 3 is 2.54 bits per heavy atom. The third kappa shape index (κ3) is 3.96. The lowest BCUT2D eigenvalue weighted by molar-refractivity contribution is -0.173. The number of hydroxylamine groups is 2. The summed E-state index contributed by atoms with van der Waals surface area (Å²) in [4.78, 5) is 58.1. The molecule has 5 aromatic rings. The highest BCUT2D eigenvalue weighted by atomic mass is 35.5. The standard InChI is InChI=1S/C38H31ClN4O6S/c1-17-24-14-19(39)9-13-28(24)50-33(17)27-16-29(41(3)40-27)42-35(46)26-15-25-21(11-12-22-30(25)36(47)43(49)34(22)45)31(38(26,2)37(42)48)23-10-8-18-6-4-5-7-20(18)32(23)44/h4-11,13-14,16,22,25-26,30-31,44,49H,12,15H2,1-3H3/t22-,25+,26-,30-,31+,38+/m0/s1. The molecule has 0 radical (unpaired) electrons. The van der Waals surface area contributed by atoms with Crippen LogP contribution in [0.3, 0.4) is 0 Å². The SMILES string of the molecule is Cc1c(-c2cc(N3C(=O)[C@@H]4C[C@@H]5C(=CC[C@@H]6C(=O)N(O)C(=O)[C@@H]65)[C@H](c5ccc6ccccc6c5O)[C@]4(C)C3=O)n(C)n2)sc2ccc(Cl)cc12. The summed E-state index contributed by atoms with van der Waals surface area (Å²) in [5.74, 6) is -5.87. The molecule has 1 saturated carbocycles. The topological polar surface area (TPSA) is 133 Å². The molecule has 2 aromatic heterocycles. The Labute approximate surface area is 295 Å². The third-order valence-electron chi connectivity index (χ3n) is 11.7. The van der Waals surface area contributed by atoms with Crippen LogP contribution in [0.25, 0.3) is 31.4 Å². The molecule has 12 heteroatoms. The van der Waals surface area contributed by atoms with Gasteiger partial charge in [-0.25, -0.2) is 4.90 Å². The number of hydrogen-bond acceptors (Lipinski definition) is 8. The summed E-state index contributed by atoms with van der Waals surface area (Å²) in [5, 5.41) is 30.2. The summed E-state index contributed by atoms with van der Waals surface area (Å²) < 4.78 is 2.57. The van der Waals surface area contributed by atoms with Gasteiger partial charge in [-0.15, -0.1) is 11.3 Å². The van der Waals surface area contributed by atoms with Gasteiger partial charge in [-0.2, -0.15) is 10.2 Å². The maximum absolute atomic E-state index is 15.0. The van der Waals surface area contributed by atoms with E-state index in [9.17, 15) is 24.7 Å². The number of nitrogens with zero attached hydrogens (tertiary/aromatic N) is 4. The quantitative estimate of drug-likeness (QED) is 0.121. The molecular weight excluding hydrogens is 676 g/mol. The molecule has 2 saturated heterocycles. The van der Waals surface area contributed by atoms with E-state index < -0.39 is 58.6 Å². The van der Waals surface area contributed by atoms with Crippen LogP contribution in [0, 0.1) is 36.0 Å². The summed E-state index contributed by atoms with van der Waals surface area (Å²) >= 11 is 7.84. The first-order chi connectivity index (χ1) is 23.9. The Morgan fingerprint density at radius 2 is 1.74 bits per heavy atom. The van der Waals surface area contributed by atoms with E-state index in [4.69, 9.17) is 16.7 Å². The number of thiophene rings is 1. The molecule has 4 heterocycles. The van der Waals surface area contributed by atoms with Crippen molar-refractivity contribution in [1.82, 2.24) is 14.8 Å². The van der Waals surface area contributed by atoms with Crippen molar-refractivity contribution in [3.05, 3.63) is 88.5 Å². The summed E-state index contributed by atoms with van der Waals surface area (Å²) in [7, 11) is 1.70. The molecule has 0 bridgehead atoms. The molecule has 252 valence electrons. The molecule has 3 aromatic carbocycles. The second kappa shape index (κ2) is 10.6. The Bertz CT molecular complexity index is 2410. The average molecular weight is 707 g/mol. The summed E-state index contributed by atoms with van der Waals surface area (Å²) in [6.45, 7) is 3.77. The van der Waals surface area contributed by atoms with Crippen LogP contribution in [-0.2, 0) is 26.2 Å². The highest BCUT2D eigenvalue weighted by Gasteiger charge is 2.68. The highest BCUT2D eigenvalue weighted by molar-refractivity contribution is 7.22. The van der Waals surface area contributed by atoms with Gasteiger partial charge < -0.3 is 5.11 Å². The third-order valence-corrected chi connectivity index (χ3v) is 13.2. The van der Waals surface area contributed by atoms with E-state index in [2.05, 4.69) is 0 Å². The number of carbonyl (C=O) groups excluding carboxylic acids is 4. The minimum absolute atomic E-state index is 0.00350. The Hall–Kier alpha value is -4.84. The number of hydrogen-bond donors (Lipinski definition) is 2. The van der Waals surface area contributed by atoms with Crippen LogP contribution in [0.4, 0.5) is 5.82 Å². The van der Waals surface area contributed by atoms with Gasteiger partial charge in [-0.3, -0.25) is 29.1 Å². The molecule has 10 nitrogen and oxygen atoms in total. The van der Waals surface area contributed by atoms with Gasteiger partial charge >= 0.3 is 0 Å². The molecule has 4 aliphatic rings. The molecule has 0 unspecified atom stereocenters. The lowest BCUT2D eigenvalue weighted by atomic mass is 9.51. The zero-order valence-corrected chi connectivity index (χ0v) is 28.8. The largest absolute Gasteiger partial charge is 0.507 e. The van der Waals surface area contributed by atoms with Gasteiger partial charge in [-0.05, 0) is 67.1 Å². The second-order valence-electron chi connectivity index (χ2n) is 14.1. The van der Waals surface area contributed by atoms with Gasteiger partial charge in [0.1, 0.15) is 17.3 Å². The number of halogens is 1. The zero-order valence-electron chi connectivity index (χ0n) is 27.3. The molecular formula is C38H31ClN4O6S. The van der Waals surface area contributed by atoms with Crippen LogP contribution >= 0.6 is 22.9 Å². The van der Waals surface area contributed by atoms with Gasteiger partial charge in [0.2, 0.25) is 11.8 Å². The lowest BCUT2D eigenvalue weighted by Crippen LogP contribution is -2.48. The number of phenols is 1. The number of anilines is 1. The number of aromatic nitrogens is 2. The van der Waals surface area contributed by atoms with E-state index in [1.54, 1.807) is 43.5 Å². The summed E-state index contributed by atoms with van der Waals surface area (Å²) in [6.07, 6.45) is 2.21. The lowest BCUT2D eigenvalue weighted by Gasteiger charge is -2.49. The fourth-order valence-electron chi connectivity index (χ4n) is 9.28. The van der Waals surface area contributed by atoms with Crippen molar-refractivity contribution in [3.8, 4) is 16.3 Å². The zero-order chi connectivity index (χ0) is 35.0. The number of amides is 4. The average Bonchev–Trinajstić information content (AvgIpc) is 3.76. The van der Waals surface area contributed by atoms with Gasteiger partial charge in [-0.1, -0.05) is 59.6 Å². The molecule has 3 fully saturated rings. The predicted molar refractivity (Wildman–Crippen MR) is 188 cm³/mol. The Morgan fingerprint density at radius 1 is 0.960 bits per heavy atom. The van der Waals surface area contributed by atoms with Crippen molar-refractivity contribution in [2.24, 2.45) is 36.1 Å². The van der Waals surface area contributed by atoms with E-state index in [1.165, 1.54) is 9.58 Å². The molecule has 4 amide bonds. The first-order valence-corrected chi connectivity index (χ1v) is 17.7. The number of rotatable bonds is 3. The summed E-state index contributed by atoms with van der Waals surface area (Å²) in [5.41, 5.74) is 1.43. The normalized spacial score (nSPS) is 27.7. The number of allylic oxidation sites excluding steroid dienone is 2. The number of aromatic hydroxyl groups is 1. The molecule has 2 aliphatic carbocycles. The van der Waals surface area contributed by atoms with E-state index in [0.717, 1.165) is 31.5 Å². The number of fused-ring (bicyclic) bond motifs is 6. The number of imide groups is 2. The Balaban J connectivity index is 1.20. The minimum Gasteiger partial charge on any atom is -0.507 e. The number of aryl methyl sites for hydroxylation is 2. The van der Waals surface area contributed by atoms with Gasteiger partial charge in [0.25, 0.3) is 11.8 Å². The molecule has 2 N–H and O–H groups in total. The van der Waals surface area contributed by atoms with E-state index in [0.29, 0.717) is 27.5 Å². The monoisotopic (exact) mass is 706 g/mol. The molecule has 6 atom stereocenters. The summed E-state index contributed by atoms with van der Waals surface area (Å²) in [6, 6.07) is 18.5. The van der Waals surface area contributed by atoms with Crippen molar-refractivity contribution in [1.29, 1.82) is 0 Å². The highest BCUT2D eigenvalue weighted by Crippen LogP contribution is 2.64. The maximum atomic E-state index is 15.0. The second-order valence-corrected chi connectivity index (χ2v) is 15.6. The maximum Gasteiger partial charge on any atom is 0.257 e. The minimum atomic E-state index is -1.36. The number of benzene rings is 3. The number of carbonyl (C=O) groups is 4. The first kappa shape index (κ1) is 31.2. The molecule has 9 rings (SSSR count). The van der Waals surface area contributed by atoms with Crippen molar-refractivity contribution in [2.75, 3.05) is 4.90 Å². The van der Waals surface area contributed by atoms with E-state index in [1.807, 2.05) is 55.5 Å². The molecule has 50 heavy (non-hydrogen) atoms. The van der Waals surface area contributed by atoms with E-state index >= 15 is 4.79 Å². The van der Waals surface area contributed by atoms with Crippen LogP contribution in [0.15, 0.2) is 72.3 Å². The van der Waals surface area contributed by atoms with Crippen LogP contribution in [0.1, 0.15) is 36.8 Å². The number of phenolic OH excluding ortho intramolecular Hbond substituents is 1. The van der Waals surface area contributed by atoms with Crippen molar-refractivity contribution in [2.45, 2.75) is 32.6 Å². The van der Waals surface area contributed by atoms with Crippen molar-refractivity contribution in [3.63, 3.8) is 0 Å². The van der Waals surface area contributed by atoms with Crippen LogP contribution in [-0.4, -0.2) is 48.8 Å². The smallest absolute Gasteiger partial charge is 0.257 e. The fourth-order valence-corrected chi connectivity index (χ4v) is 10.6. The van der Waals surface area contributed by atoms with Crippen molar-refractivity contribution >= 4 is 73.2 Å². The van der Waals surface area contributed by atoms with Crippen LogP contribution in [0.2, 0.25) is 5.02 Å². The van der Waals surface area contributed by atoms with E-state index in [-0.39, 0.29) is 23.7 Å².